The minimum absolute atomic E-state index is 0. The monoisotopic (exact) mass is 499 g/mol. The van der Waals surface area contributed by atoms with Crippen LogP contribution in [0.1, 0.15) is 36.0 Å². The molecule has 0 radical (unpaired) electrons. The van der Waals surface area contributed by atoms with Crippen LogP contribution in [0.3, 0.4) is 0 Å². The zero-order chi connectivity index (χ0) is 21.5. The van der Waals surface area contributed by atoms with Crippen LogP contribution < -0.4 is 17.0 Å². The number of nitrogens with zero attached hydrogens (tertiary/aromatic N) is 1. The molecule has 32 heavy (non-hydrogen) atoms. The summed E-state index contributed by atoms with van der Waals surface area (Å²) in [6.07, 6.45) is 2.61. The van der Waals surface area contributed by atoms with Gasteiger partial charge in [0.2, 0.25) is 0 Å². The molecule has 0 atom stereocenters. The highest BCUT2D eigenvalue weighted by atomic mass is 79.9. The summed E-state index contributed by atoms with van der Waals surface area (Å²) >= 11 is 0. The van der Waals surface area contributed by atoms with Gasteiger partial charge >= 0.3 is 0 Å². The van der Waals surface area contributed by atoms with Crippen molar-refractivity contribution in [3.8, 4) is 0 Å². The second-order valence-corrected chi connectivity index (χ2v) is 9.38. The van der Waals surface area contributed by atoms with E-state index in [1.54, 1.807) is 6.07 Å². The van der Waals surface area contributed by atoms with E-state index < -0.39 is 17.2 Å². The third kappa shape index (κ3) is 3.70. The molecule has 0 spiro atoms. The Morgan fingerprint density at radius 2 is 1.28 bits per heavy atom. The summed E-state index contributed by atoms with van der Waals surface area (Å²) in [5, 5.41) is 12.4. The van der Waals surface area contributed by atoms with Crippen molar-refractivity contribution in [1.29, 1.82) is 0 Å². The first-order chi connectivity index (χ1) is 15.0. The minimum Gasteiger partial charge on any atom is -1.00 e. The molecule has 0 unspecified atom stereocenters. The van der Waals surface area contributed by atoms with E-state index in [-0.39, 0.29) is 22.4 Å². The van der Waals surface area contributed by atoms with Crippen molar-refractivity contribution < 1.29 is 35.4 Å². The highest BCUT2D eigenvalue weighted by Crippen LogP contribution is 2.57. The molecule has 0 aromatic heterocycles. The molecule has 3 aliphatic heterocycles. The summed E-state index contributed by atoms with van der Waals surface area (Å²) < 4.78 is 28.5. The Morgan fingerprint density at radius 1 is 0.781 bits per heavy atom. The smallest absolute Gasteiger partial charge is 0.134 e. The Labute approximate surface area is 198 Å². The molecule has 0 amide bonds. The van der Waals surface area contributed by atoms with Gasteiger partial charge < -0.3 is 26.6 Å². The van der Waals surface area contributed by atoms with Crippen molar-refractivity contribution in [1.82, 2.24) is 0 Å². The van der Waals surface area contributed by atoms with Crippen LogP contribution in [-0.2, 0) is 12.1 Å². The summed E-state index contributed by atoms with van der Waals surface area (Å²) in [7, 11) is 0. The predicted molar refractivity (Wildman–Crippen MR) is 117 cm³/mol. The van der Waals surface area contributed by atoms with Crippen LogP contribution >= 0.6 is 0 Å². The Balaban J connectivity index is 0.00000245. The lowest BCUT2D eigenvalue weighted by molar-refractivity contribution is -0.958. The zero-order valence-corrected chi connectivity index (χ0v) is 19.6. The zero-order valence-electron chi connectivity index (χ0n) is 18.0. The molecule has 1 N–H and O–H groups in total. The molecule has 3 aliphatic rings. The molecule has 0 saturated carbocycles. The van der Waals surface area contributed by atoms with E-state index in [0.29, 0.717) is 12.1 Å². The van der Waals surface area contributed by atoms with Gasteiger partial charge in [-0.25, -0.2) is 8.78 Å². The van der Waals surface area contributed by atoms with Crippen LogP contribution in [0.25, 0.3) is 0 Å². The molecule has 3 fully saturated rings. The largest absolute Gasteiger partial charge is 1.00 e. The lowest BCUT2D eigenvalue weighted by atomic mass is 9.56. The molecule has 168 valence electrons. The van der Waals surface area contributed by atoms with Crippen LogP contribution in [0.2, 0.25) is 0 Å². The number of piperidine rings is 3. The second-order valence-electron chi connectivity index (χ2n) is 9.38. The van der Waals surface area contributed by atoms with Gasteiger partial charge in [0, 0.05) is 36.3 Å². The first-order valence-electron chi connectivity index (χ1n) is 11.1. The Kier molecular flexibility index (Phi) is 6.27. The summed E-state index contributed by atoms with van der Waals surface area (Å²) in [5.41, 5.74) is 1.14. The average Bonchev–Trinajstić information content (AvgIpc) is 2.83. The molecule has 6 rings (SSSR count). The highest BCUT2D eigenvalue weighted by molar-refractivity contribution is 5.39. The number of rotatable bonds is 5. The number of aliphatic hydroxyl groups is 1. The fraction of sp³-hybridized carbons (Fsp3) is 0.333. The third-order valence-electron chi connectivity index (χ3n) is 7.87. The van der Waals surface area contributed by atoms with E-state index in [9.17, 15) is 13.9 Å². The van der Waals surface area contributed by atoms with Gasteiger partial charge in [-0.2, -0.15) is 0 Å². The van der Waals surface area contributed by atoms with E-state index in [1.165, 1.54) is 6.07 Å². The normalized spacial score (nSPS) is 24.7. The minimum atomic E-state index is -1.06. The number of quaternary nitrogens is 1. The van der Waals surface area contributed by atoms with Gasteiger partial charge in [0.1, 0.15) is 23.8 Å². The third-order valence-corrected chi connectivity index (χ3v) is 7.87. The van der Waals surface area contributed by atoms with Gasteiger partial charge in [0.25, 0.3) is 0 Å². The molecule has 3 saturated heterocycles. The Morgan fingerprint density at radius 3 is 1.75 bits per heavy atom. The molecule has 0 aliphatic carbocycles. The van der Waals surface area contributed by atoms with Crippen molar-refractivity contribution in [3.63, 3.8) is 0 Å². The van der Waals surface area contributed by atoms with Crippen LogP contribution in [0.4, 0.5) is 8.78 Å². The fourth-order valence-corrected chi connectivity index (χ4v) is 5.99. The van der Waals surface area contributed by atoms with E-state index in [4.69, 9.17) is 0 Å². The maximum atomic E-state index is 14.3. The maximum Gasteiger partial charge on any atom is 0.134 e. The Bertz CT molecular complexity index is 1010. The summed E-state index contributed by atoms with van der Waals surface area (Å²) in [6, 6.07) is 23.9. The van der Waals surface area contributed by atoms with Crippen molar-refractivity contribution in [2.45, 2.75) is 31.4 Å². The molecule has 3 aromatic rings. The topological polar surface area (TPSA) is 20.2 Å². The summed E-state index contributed by atoms with van der Waals surface area (Å²) in [4.78, 5) is 0. The number of hydrogen-bond acceptors (Lipinski definition) is 1. The van der Waals surface area contributed by atoms with Gasteiger partial charge in [-0.05, 0) is 23.3 Å². The average molecular weight is 500 g/mol. The quantitative estimate of drug-likeness (QED) is 0.534. The first kappa shape index (κ1) is 23.1. The standard InChI is InChI=1S/C27H28F2NO.BrH/c28-24-12-11-21(25(29)19-24)20-30-16-13-26(14-17-30,15-18-30)27(31,22-7-3-1-4-8-22)23-9-5-2-6-10-23;/h1-12,19,31H,13-18,20H2;1H/q+1;/p-1. The predicted octanol–water partition coefficient (Wildman–Crippen LogP) is 2.41. The molecule has 2 bridgehead atoms. The van der Waals surface area contributed by atoms with E-state index >= 15 is 0 Å². The molecule has 5 heteroatoms. The summed E-state index contributed by atoms with van der Waals surface area (Å²) in [5.74, 6) is -0.992. The number of benzene rings is 3. The van der Waals surface area contributed by atoms with Crippen LogP contribution in [0.5, 0.6) is 0 Å². The van der Waals surface area contributed by atoms with Crippen molar-refractivity contribution in [2.75, 3.05) is 19.6 Å². The molecule has 3 aromatic carbocycles. The first-order valence-corrected chi connectivity index (χ1v) is 11.1. The molecular formula is C27H28BrF2NO. The van der Waals surface area contributed by atoms with Crippen LogP contribution in [0, 0.1) is 17.0 Å². The van der Waals surface area contributed by atoms with Crippen LogP contribution in [-0.4, -0.2) is 29.2 Å². The van der Waals surface area contributed by atoms with E-state index in [0.717, 1.165) is 60.6 Å². The lowest BCUT2D eigenvalue weighted by Gasteiger charge is -2.60. The van der Waals surface area contributed by atoms with Gasteiger partial charge in [-0.15, -0.1) is 0 Å². The highest BCUT2D eigenvalue weighted by Gasteiger charge is 2.60. The van der Waals surface area contributed by atoms with Crippen molar-refractivity contribution >= 4 is 0 Å². The molecule has 2 nitrogen and oxygen atoms in total. The number of hydrogen-bond donors (Lipinski definition) is 1. The number of fused-ring (bicyclic) bond motifs is 3. The van der Waals surface area contributed by atoms with Gasteiger partial charge in [0.15, 0.2) is 0 Å². The summed E-state index contributed by atoms with van der Waals surface area (Å²) in [6.45, 7) is 3.24. The van der Waals surface area contributed by atoms with E-state index in [1.807, 2.05) is 60.7 Å². The lowest BCUT2D eigenvalue weighted by Crippen LogP contribution is -3.00. The molecule has 3 heterocycles. The maximum absolute atomic E-state index is 14.3. The fourth-order valence-electron chi connectivity index (χ4n) is 5.99. The van der Waals surface area contributed by atoms with Crippen molar-refractivity contribution in [3.05, 3.63) is 107 Å². The Hall–Kier alpha value is -2.08. The second kappa shape index (κ2) is 8.69. The van der Waals surface area contributed by atoms with E-state index in [2.05, 4.69) is 0 Å². The number of halogens is 3. The van der Waals surface area contributed by atoms with Gasteiger partial charge in [0.05, 0.1) is 19.6 Å². The SMILES string of the molecule is OC(c1ccccc1)(c1ccccc1)C12CC[N+](Cc3ccc(F)cc3F)(CC1)CC2.[Br-]. The van der Waals surface area contributed by atoms with Crippen molar-refractivity contribution in [2.24, 2.45) is 5.41 Å². The van der Waals surface area contributed by atoms with Crippen LogP contribution in [0.15, 0.2) is 78.9 Å². The van der Waals surface area contributed by atoms with Gasteiger partial charge in [-0.1, -0.05) is 60.7 Å². The molecular weight excluding hydrogens is 472 g/mol. The van der Waals surface area contributed by atoms with Gasteiger partial charge in [-0.3, -0.25) is 0 Å².